The van der Waals surface area contributed by atoms with E-state index in [9.17, 15) is 13.6 Å². The van der Waals surface area contributed by atoms with Gasteiger partial charge >= 0.3 is 0 Å². The summed E-state index contributed by atoms with van der Waals surface area (Å²) in [4.78, 5) is 10.2. The van der Waals surface area contributed by atoms with Gasteiger partial charge in [-0.25, -0.2) is 8.78 Å². The smallest absolute Gasteiger partial charge is 0.194 e. The lowest BCUT2D eigenvalue weighted by Gasteiger charge is -2.08. The highest BCUT2D eigenvalue weighted by Gasteiger charge is 2.24. The summed E-state index contributed by atoms with van der Waals surface area (Å²) >= 11 is 0. The van der Waals surface area contributed by atoms with Crippen LogP contribution in [0.4, 0.5) is 8.78 Å². The van der Waals surface area contributed by atoms with Gasteiger partial charge < -0.3 is 10.2 Å². The Morgan fingerprint density at radius 3 is 2.40 bits per heavy atom. The average Bonchev–Trinajstić information content (AvgIpc) is 2.00. The third kappa shape index (κ3) is 2.36. The molecule has 10 heavy (non-hydrogen) atoms. The molecule has 0 saturated carbocycles. The number of carbonyl (C=O) groups excluding carboxylic acids is 1. The van der Waals surface area contributed by atoms with E-state index < -0.39 is 31.3 Å². The van der Waals surface area contributed by atoms with Gasteiger partial charge in [0.05, 0.1) is 0 Å². The molecular formula is C5H8F2O3. The van der Waals surface area contributed by atoms with E-state index in [2.05, 4.69) is 0 Å². The van der Waals surface area contributed by atoms with Crippen molar-refractivity contribution < 1.29 is 23.8 Å². The van der Waals surface area contributed by atoms with Crippen molar-refractivity contribution in [2.24, 2.45) is 0 Å². The van der Waals surface area contributed by atoms with Gasteiger partial charge in [0.15, 0.2) is 12.0 Å². The van der Waals surface area contributed by atoms with Gasteiger partial charge in [-0.2, -0.15) is 0 Å². The molecule has 2 atom stereocenters. The van der Waals surface area contributed by atoms with Crippen molar-refractivity contribution in [1.29, 1.82) is 0 Å². The van der Waals surface area contributed by atoms with Gasteiger partial charge in [-0.3, -0.25) is 4.79 Å². The number of rotatable bonds is 4. The van der Waals surface area contributed by atoms with E-state index in [4.69, 9.17) is 10.2 Å². The van der Waals surface area contributed by atoms with Crippen LogP contribution in [0.3, 0.4) is 0 Å². The zero-order valence-electron chi connectivity index (χ0n) is 5.13. The molecule has 0 amide bonds. The Hall–Kier alpha value is -0.550. The number of aliphatic hydroxyl groups excluding tert-OH is 2. The Morgan fingerprint density at radius 1 is 1.60 bits per heavy atom. The molecule has 5 heteroatoms. The quantitative estimate of drug-likeness (QED) is 0.558. The predicted octanol–water partition coefficient (Wildman–Crippen LogP) is -0.784. The first-order valence-electron chi connectivity index (χ1n) is 2.65. The Labute approximate surface area is 56.3 Å². The van der Waals surface area contributed by atoms with E-state index in [0.29, 0.717) is 0 Å². The Kier molecular flexibility index (Phi) is 4.06. The lowest BCUT2D eigenvalue weighted by Crippen LogP contribution is -2.33. The summed E-state index contributed by atoms with van der Waals surface area (Å²) in [5.74, 6) is -1.20. The van der Waals surface area contributed by atoms with Crippen LogP contribution in [-0.4, -0.2) is 41.6 Å². The standard InChI is InChI=1S/C5H8F2O3/c6-1-3(9)5(7)4(10)2-8/h3,5,8-9H,1-2H2. The number of alkyl halides is 2. The minimum atomic E-state index is -2.31. The minimum Gasteiger partial charge on any atom is -0.388 e. The van der Waals surface area contributed by atoms with Gasteiger partial charge in [0.1, 0.15) is 19.4 Å². The monoisotopic (exact) mass is 154 g/mol. The van der Waals surface area contributed by atoms with Crippen LogP contribution < -0.4 is 0 Å². The molecule has 0 fully saturated rings. The van der Waals surface area contributed by atoms with Crippen LogP contribution in [0.15, 0.2) is 0 Å². The van der Waals surface area contributed by atoms with Crippen LogP contribution in [0.25, 0.3) is 0 Å². The van der Waals surface area contributed by atoms with Crippen LogP contribution in [-0.2, 0) is 4.79 Å². The van der Waals surface area contributed by atoms with Crippen LogP contribution in [0.1, 0.15) is 0 Å². The Morgan fingerprint density at radius 2 is 2.10 bits per heavy atom. The number of hydrogen-bond acceptors (Lipinski definition) is 3. The molecule has 0 radical (unpaired) electrons. The molecule has 0 aliphatic carbocycles. The number of ketones is 1. The van der Waals surface area contributed by atoms with Crippen molar-refractivity contribution in [3.63, 3.8) is 0 Å². The van der Waals surface area contributed by atoms with E-state index in [1.807, 2.05) is 0 Å². The summed E-state index contributed by atoms with van der Waals surface area (Å²) < 4.78 is 23.6. The van der Waals surface area contributed by atoms with Gasteiger partial charge in [-0.15, -0.1) is 0 Å². The molecule has 0 spiro atoms. The molecule has 0 aromatic rings. The Bertz CT molecular complexity index is 117. The molecule has 0 saturated heterocycles. The van der Waals surface area contributed by atoms with Crippen molar-refractivity contribution in [2.75, 3.05) is 13.3 Å². The van der Waals surface area contributed by atoms with Gasteiger partial charge in [0.25, 0.3) is 0 Å². The van der Waals surface area contributed by atoms with Gasteiger partial charge in [-0.05, 0) is 0 Å². The topological polar surface area (TPSA) is 57.5 Å². The first-order chi connectivity index (χ1) is 4.63. The summed E-state index contributed by atoms with van der Waals surface area (Å²) in [5, 5.41) is 16.4. The van der Waals surface area contributed by atoms with Crippen molar-refractivity contribution in [3.05, 3.63) is 0 Å². The highest BCUT2D eigenvalue weighted by molar-refractivity contribution is 5.84. The Balaban J connectivity index is 3.81. The van der Waals surface area contributed by atoms with E-state index in [0.717, 1.165) is 0 Å². The van der Waals surface area contributed by atoms with E-state index in [-0.39, 0.29) is 0 Å². The number of aliphatic hydroxyl groups is 2. The van der Waals surface area contributed by atoms with E-state index in [1.165, 1.54) is 0 Å². The first-order valence-corrected chi connectivity index (χ1v) is 2.65. The van der Waals surface area contributed by atoms with Crippen LogP contribution in [0.2, 0.25) is 0 Å². The molecule has 0 aromatic heterocycles. The molecular weight excluding hydrogens is 146 g/mol. The van der Waals surface area contributed by atoms with E-state index >= 15 is 0 Å². The number of Topliss-reactive ketones (excluding diaryl/α,β-unsaturated/α-hetero) is 1. The molecule has 0 aliphatic heterocycles. The first kappa shape index (κ1) is 9.45. The molecule has 3 nitrogen and oxygen atoms in total. The molecule has 2 N–H and O–H groups in total. The van der Waals surface area contributed by atoms with E-state index in [1.54, 1.807) is 0 Å². The average molecular weight is 154 g/mol. The van der Waals surface area contributed by atoms with Crippen molar-refractivity contribution in [1.82, 2.24) is 0 Å². The maximum atomic E-state index is 12.2. The highest BCUT2D eigenvalue weighted by atomic mass is 19.1. The van der Waals surface area contributed by atoms with Crippen LogP contribution >= 0.6 is 0 Å². The predicted molar refractivity (Wildman–Crippen MR) is 29.0 cm³/mol. The SMILES string of the molecule is O=C(CO)C(F)C(O)CF. The molecule has 60 valence electrons. The summed E-state index contributed by atoms with van der Waals surface area (Å²) in [7, 11) is 0. The summed E-state index contributed by atoms with van der Waals surface area (Å²) in [5.41, 5.74) is 0. The summed E-state index contributed by atoms with van der Waals surface area (Å²) in [6.07, 6.45) is -4.25. The van der Waals surface area contributed by atoms with Crippen molar-refractivity contribution in [2.45, 2.75) is 12.3 Å². The minimum absolute atomic E-state index is 1.02. The molecule has 0 heterocycles. The molecule has 0 bridgehead atoms. The third-order valence-corrected chi connectivity index (χ3v) is 0.959. The fourth-order valence-electron chi connectivity index (χ4n) is 0.380. The fourth-order valence-corrected chi connectivity index (χ4v) is 0.380. The third-order valence-electron chi connectivity index (χ3n) is 0.959. The highest BCUT2D eigenvalue weighted by Crippen LogP contribution is 2.00. The molecule has 2 unspecified atom stereocenters. The largest absolute Gasteiger partial charge is 0.388 e. The zero-order valence-corrected chi connectivity index (χ0v) is 5.13. The van der Waals surface area contributed by atoms with Gasteiger partial charge in [-0.1, -0.05) is 0 Å². The second kappa shape index (κ2) is 4.29. The summed E-state index contributed by atoms with van der Waals surface area (Å²) in [6.45, 7) is -2.34. The van der Waals surface area contributed by atoms with Crippen molar-refractivity contribution >= 4 is 5.78 Å². The van der Waals surface area contributed by atoms with Gasteiger partial charge in [0, 0.05) is 0 Å². The second-order valence-electron chi connectivity index (χ2n) is 1.75. The van der Waals surface area contributed by atoms with Gasteiger partial charge in [0.2, 0.25) is 0 Å². The fraction of sp³-hybridized carbons (Fsp3) is 0.800. The maximum absolute atomic E-state index is 12.2. The normalized spacial score (nSPS) is 16.4. The van der Waals surface area contributed by atoms with Crippen molar-refractivity contribution in [3.8, 4) is 0 Å². The van der Waals surface area contributed by atoms with Crippen LogP contribution in [0.5, 0.6) is 0 Å². The maximum Gasteiger partial charge on any atom is 0.194 e. The molecule has 0 aromatic carbocycles. The molecule has 0 aliphatic rings. The molecule has 0 rings (SSSR count). The number of carbonyl (C=O) groups is 1. The summed E-state index contributed by atoms with van der Waals surface area (Å²) in [6, 6.07) is 0. The number of halogens is 2. The van der Waals surface area contributed by atoms with Crippen LogP contribution in [0, 0.1) is 0 Å². The zero-order chi connectivity index (χ0) is 8.15. The second-order valence-corrected chi connectivity index (χ2v) is 1.75. The number of hydrogen-bond donors (Lipinski definition) is 2. The lowest BCUT2D eigenvalue weighted by atomic mass is 10.2. The lowest BCUT2D eigenvalue weighted by molar-refractivity contribution is -0.131.